The maximum atomic E-state index is 11.6. The van der Waals surface area contributed by atoms with Crippen molar-refractivity contribution < 1.29 is 9.59 Å². The van der Waals surface area contributed by atoms with E-state index in [1.54, 1.807) is 6.20 Å². The number of nitrogens with one attached hydrogen (secondary N) is 2. The number of nitrogens with zero attached hydrogens (tertiary/aromatic N) is 1. The van der Waals surface area contributed by atoms with Crippen LogP contribution in [0.5, 0.6) is 0 Å². The second-order valence-electron chi connectivity index (χ2n) is 5.07. The quantitative estimate of drug-likeness (QED) is 0.688. The van der Waals surface area contributed by atoms with Crippen LogP contribution in [0.2, 0.25) is 0 Å². The number of pyridine rings is 1. The largest absolute Gasteiger partial charge is 0.350 e. The van der Waals surface area contributed by atoms with Gasteiger partial charge < -0.3 is 16.4 Å². The lowest BCUT2D eigenvalue weighted by molar-refractivity contribution is -0.127. The van der Waals surface area contributed by atoms with Crippen molar-refractivity contribution in [3.05, 3.63) is 29.6 Å². The Morgan fingerprint density at radius 3 is 2.55 bits per heavy atom. The highest BCUT2D eigenvalue weighted by molar-refractivity contribution is 5.87. The fraction of sp³-hybridized carbons (Fsp3) is 0.500. The molecule has 1 heterocycles. The number of rotatable bonds is 6. The van der Waals surface area contributed by atoms with Gasteiger partial charge >= 0.3 is 0 Å². The standard InChI is InChI=1S/C14H22N4O2/c1-9(2)13(15)14(20)18-8-12(19)17-7-11-5-4-10(3)16-6-11/h4-6,9,13H,7-8,15H2,1-3H3,(H,17,19)(H,18,20)/t13-/m0/s1. The van der Waals surface area contributed by atoms with Crippen LogP contribution in [0, 0.1) is 12.8 Å². The third-order valence-corrected chi connectivity index (χ3v) is 2.91. The van der Waals surface area contributed by atoms with Gasteiger partial charge in [0, 0.05) is 18.4 Å². The molecule has 1 rings (SSSR count). The summed E-state index contributed by atoms with van der Waals surface area (Å²) in [6.07, 6.45) is 1.71. The lowest BCUT2D eigenvalue weighted by atomic mass is 10.1. The summed E-state index contributed by atoms with van der Waals surface area (Å²) in [7, 11) is 0. The Morgan fingerprint density at radius 1 is 1.30 bits per heavy atom. The molecule has 0 fully saturated rings. The summed E-state index contributed by atoms with van der Waals surface area (Å²) in [6.45, 7) is 5.93. The van der Waals surface area contributed by atoms with Crippen LogP contribution < -0.4 is 16.4 Å². The Labute approximate surface area is 119 Å². The van der Waals surface area contributed by atoms with Gasteiger partial charge in [-0.3, -0.25) is 14.6 Å². The molecule has 1 aromatic heterocycles. The van der Waals surface area contributed by atoms with E-state index in [0.717, 1.165) is 11.3 Å². The van der Waals surface area contributed by atoms with Crippen LogP contribution in [0.1, 0.15) is 25.1 Å². The lowest BCUT2D eigenvalue weighted by Gasteiger charge is -2.15. The molecule has 2 amide bonds. The summed E-state index contributed by atoms with van der Waals surface area (Å²) < 4.78 is 0. The maximum absolute atomic E-state index is 11.6. The van der Waals surface area contributed by atoms with Gasteiger partial charge in [0.1, 0.15) is 0 Å². The molecule has 1 aromatic rings. The third-order valence-electron chi connectivity index (χ3n) is 2.91. The molecule has 6 nitrogen and oxygen atoms in total. The van der Waals surface area contributed by atoms with Crippen LogP contribution in [0.3, 0.4) is 0 Å². The molecule has 0 aliphatic heterocycles. The second-order valence-corrected chi connectivity index (χ2v) is 5.07. The number of aromatic nitrogens is 1. The zero-order valence-corrected chi connectivity index (χ0v) is 12.1. The normalized spacial score (nSPS) is 12.1. The van der Waals surface area contributed by atoms with Crippen molar-refractivity contribution in [2.24, 2.45) is 11.7 Å². The van der Waals surface area contributed by atoms with Crippen LogP contribution in [0.25, 0.3) is 0 Å². The minimum Gasteiger partial charge on any atom is -0.350 e. The highest BCUT2D eigenvalue weighted by Gasteiger charge is 2.17. The SMILES string of the molecule is Cc1ccc(CNC(=O)CNC(=O)[C@@H](N)C(C)C)cn1. The fourth-order valence-corrected chi connectivity index (χ4v) is 1.45. The van der Waals surface area contributed by atoms with Gasteiger partial charge in [-0.05, 0) is 24.5 Å². The van der Waals surface area contributed by atoms with E-state index in [1.807, 2.05) is 32.9 Å². The Hall–Kier alpha value is -1.95. The van der Waals surface area contributed by atoms with Crippen molar-refractivity contribution in [2.45, 2.75) is 33.4 Å². The lowest BCUT2D eigenvalue weighted by Crippen LogP contribution is -2.47. The van der Waals surface area contributed by atoms with Gasteiger partial charge in [-0.2, -0.15) is 0 Å². The summed E-state index contributed by atoms with van der Waals surface area (Å²) in [4.78, 5) is 27.3. The number of aryl methyl sites for hydroxylation is 1. The van der Waals surface area contributed by atoms with Crippen LogP contribution in [0.4, 0.5) is 0 Å². The first kappa shape index (κ1) is 16.1. The number of hydrogen-bond donors (Lipinski definition) is 3. The Balaban J connectivity index is 2.30. The van der Waals surface area contributed by atoms with Gasteiger partial charge in [0.15, 0.2) is 0 Å². The second kappa shape index (κ2) is 7.59. The first-order valence-electron chi connectivity index (χ1n) is 6.61. The number of amides is 2. The van der Waals surface area contributed by atoms with Crippen molar-refractivity contribution in [1.82, 2.24) is 15.6 Å². The topological polar surface area (TPSA) is 97.1 Å². The molecule has 20 heavy (non-hydrogen) atoms. The average Bonchev–Trinajstić information content (AvgIpc) is 2.43. The van der Waals surface area contributed by atoms with Crippen molar-refractivity contribution in [1.29, 1.82) is 0 Å². The van der Waals surface area contributed by atoms with Crippen molar-refractivity contribution in [3.8, 4) is 0 Å². The fourth-order valence-electron chi connectivity index (χ4n) is 1.45. The van der Waals surface area contributed by atoms with E-state index in [9.17, 15) is 9.59 Å². The zero-order valence-electron chi connectivity index (χ0n) is 12.1. The van der Waals surface area contributed by atoms with E-state index in [-0.39, 0.29) is 24.3 Å². The van der Waals surface area contributed by atoms with Crippen molar-refractivity contribution in [3.63, 3.8) is 0 Å². The van der Waals surface area contributed by atoms with E-state index >= 15 is 0 Å². The first-order chi connectivity index (χ1) is 9.40. The van der Waals surface area contributed by atoms with Gasteiger partial charge in [-0.15, -0.1) is 0 Å². The summed E-state index contributed by atoms with van der Waals surface area (Å²) in [6, 6.07) is 3.19. The highest BCUT2D eigenvalue weighted by atomic mass is 16.2. The van der Waals surface area contributed by atoms with E-state index < -0.39 is 6.04 Å². The first-order valence-corrected chi connectivity index (χ1v) is 6.61. The number of nitrogens with two attached hydrogens (primary N) is 1. The summed E-state index contributed by atoms with van der Waals surface area (Å²) >= 11 is 0. The summed E-state index contributed by atoms with van der Waals surface area (Å²) in [5, 5.41) is 5.22. The molecule has 0 saturated heterocycles. The molecule has 0 radical (unpaired) electrons. The van der Waals surface area contributed by atoms with Crippen LogP contribution >= 0.6 is 0 Å². The Bertz CT molecular complexity index is 457. The minimum atomic E-state index is -0.593. The van der Waals surface area contributed by atoms with E-state index in [2.05, 4.69) is 15.6 Å². The van der Waals surface area contributed by atoms with E-state index in [0.29, 0.717) is 6.54 Å². The van der Waals surface area contributed by atoms with Crippen molar-refractivity contribution in [2.75, 3.05) is 6.54 Å². The third kappa shape index (κ3) is 5.36. The van der Waals surface area contributed by atoms with E-state index in [1.165, 1.54) is 0 Å². The highest BCUT2D eigenvalue weighted by Crippen LogP contribution is 1.99. The molecule has 0 bridgehead atoms. The molecule has 0 aromatic carbocycles. The molecule has 110 valence electrons. The summed E-state index contributed by atoms with van der Waals surface area (Å²) in [5.74, 6) is -0.529. The van der Waals surface area contributed by atoms with E-state index in [4.69, 9.17) is 5.73 Å². The monoisotopic (exact) mass is 278 g/mol. The molecule has 4 N–H and O–H groups in total. The van der Waals surface area contributed by atoms with Gasteiger partial charge in [0.25, 0.3) is 0 Å². The smallest absolute Gasteiger partial charge is 0.239 e. The molecule has 1 atom stereocenters. The Kier molecular flexibility index (Phi) is 6.11. The Morgan fingerprint density at radius 2 is 2.00 bits per heavy atom. The zero-order chi connectivity index (χ0) is 15.1. The van der Waals surface area contributed by atoms with Crippen LogP contribution in [-0.2, 0) is 16.1 Å². The minimum absolute atomic E-state index is 0.0386. The molecule has 0 unspecified atom stereocenters. The number of carbonyl (C=O) groups is 2. The molecule has 6 heteroatoms. The molecule has 0 saturated carbocycles. The molecular weight excluding hydrogens is 256 g/mol. The molecular formula is C14H22N4O2. The number of carbonyl (C=O) groups excluding carboxylic acids is 2. The van der Waals surface area contributed by atoms with Gasteiger partial charge in [-0.25, -0.2) is 0 Å². The average molecular weight is 278 g/mol. The summed E-state index contributed by atoms with van der Waals surface area (Å²) in [5.41, 5.74) is 7.51. The van der Waals surface area contributed by atoms with Crippen LogP contribution in [0.15, 0.2) is 18.3 Å². The van der Waals surface area contributed by atoms with Crippen molar-refractivity contribution >= 4 is 11.8 Å². The molecule has 0 aliphatic carbocycles. The predicted molar refractivity (Wildman–Crippen MR) is 76.6 cm³/mol. The molecule has 0 spiro atoms. The predicted octanol–water partition coefficient (Wildman–Crippen LogP) is 0.106. The van der Waals surface area contributed by atoms with Crippen LogP contribution in [-0.4, -0.2) is 29.4 Å². The van der Waals surface area contributed by atoms with Gasteiger partial charge in [-0.1, -0.05) is 19.9 Å². The van der Waals surface area contributed by atoms with Gasteiger partial charge in [0.05, 0.1) is 12.6 Å². The maximum Gasteiger partial charge on any atom is 0.239 e. The van der Waals surface area contributed by atoms with Gasteiger partial charge in [0.2, 0.25) is 11.8 Å². The number of hydrogen-bond acceptors (Lipinski definition) is 4. The molecule has 0 aliphatic rings.